The lowest BCUT2D eigenvalue weighted by Crippen LogP contribution is -2.16. The standard InChI is InChI=1S/C29H29FN2O2/c1-20(2)27-26(29(34)31-24-12-7-4-8-13-24)25(21-10-5-3-6-11-21)28(32(27)18-9-19-33)22-14-16-23(30)17-15-22/h3-8,10-17,20,33H,9,18-19H2,1-2H3,(H,31,34). The molecule has 4 rings (SSSR count). The Balaban J connectivity index is 2.03. The zero-order valence-corrected chi connectivity index (χ0v) is 19.5. The first-order chi connectivity index (χ1) is 16.5. The van der Waals surface area contributed by atoms with Gasteiger partial charge in [-0.1, -0.05) is 62.4 Å². The number of rotatable bonds is 8. The second-order valence-electron chi connectivity index (χ2n) is 8.56. The lowest BCUT2D eigenvalue weighted by Gasteiger charge is -2.17. The third-order valence-corrected chi connectivity index (χ3v) is 5.83. The molecule has 0 fully saturated rings. The van der Waals surface area contributed by atoms with Crippen LogP contribution in [0.1, 0.15) is 42.2 Å². The van der Waals surface area contributed by atoms with Crippen molar-refractivity contribution in [2.45, 2.75) is 32.7 Å². The van der Waals surface area contributed by atoms with Crippen LogP contribution in [-0.4, -0.2) is 22.2 Å². The average Bonchev–Trinajstić information content (AvgIpc) is 3.20. The second kappa shape index (κ2) is 10.5. The Morgan fingerprint density at radius 2 is 1.53 bits per heavy atom. The molecule has 0 aliphatic carbocycles. The maximum absolute atomic E-state index is 13.8. The highest BCUT2D eigenvalue weighted by Crippen LogP contribution is 2.42. The van der Waals surface area contributed by atoms with Gasteiger partial charge in [-0.25, -0.2) is 4.39 Å². The zero-order valence-electron chi connectivity index (χ0n) is 19.5. The van der Waals surface area contributed by atoms with Gasteiger partial charge in [0, 0.05) is 30.1 Å². The van der Waals surface area contributed by atoms with E-state index in [9.17, 15) is 14.3 Å². The van der Waals surface area contributed by atoms with Crippen LogP contribution in [0.3, 0.4) is 0 Å². The SMILES string of the molecule is CC(C)c1c(C(=O)Nc2ccccc2)c(-c2ccccc2)c(-c2ccc(F)cc2)n1CCCO. The number of benzene rings is 3. The van der Waals surface area contributed by atoms with Crippen molar-refractivity contribution in [3.63, 3.8) is 0 Å². The summed E-state index contributed by atoms with van der Waals surface area (Å²) in [5, 5.41) is 12.7. The molecule has 0 saturated carbocycles. The van der Waals surface area contributed by atoms with Gasteiger partial charge in [-0.3, -0.25) is 4.79 Å². The van der Waals surface area contributed by atoms with Crippen molar-refractivity contribution in [2.75, 3.05) is 11.9 Å². The minimum absolute atomic E-state index is 0.0325. The number of anilines is 1. The van der Waals surface area contributed by atoms with Gasteiger partial charge in [0.05, 0.1) is 11.3 Å². The van der Waals surface area contributed by atoms with Crippen molar-refractivity contribution in [1.29, 1.82) is 0 Å². The first-order valence-corrected chi connectivity index (χ1v) is 11.6. The van der Waals surface area contributed by atoms with Gasteiger partial charge in [0.2, 0.25) is 0 Å². The number of aromatic nitrogens is 1. The number of nitrogens with zero attached hydrogens (tertiary/aromatic N) is 1. The summed E-state index contributed by atoms with van der Waals surface area (Å²) in [7, 11) is 0. The highest BCUT2D eigenvalue weighted by atomic mass is 19.1. The maximum atomic E-state index is 13.8. The Morgan fingerprint density at radius 1 is 0.912 bits per heavy atom. The van der Waals surface area contributed by atoms with Crippen molar-refractivity contribution in [1.82, 2.24) is 4.57 Å². The van der Waals surface area contributed by atoms with Crippen LogP contribution in [-0.2, 0) is 6.54 Å². The number of halogens is 1. The minimum atomic E-state index is -0.315. The Kier molecular flexibility index (Phi) is 7.24. The van der Waals surface area contributed by atoms with Gasteiger partial charge in [0.15, 0.2) is 0 Å². The van der Waals surface area contributed by atoms with E-state index < -0.39 is 0 Å². The molecule has 0 aliphatic rings. The summed E-state index contributed by atoms with van der Waals surface area (Å²) in [4.78, 5) is 13.8. The monoisotopic (exact) mass is 456 g/mol. The molecule has 1 amide bonds. The zero-order chi connectivity index (χ0) is 24.1. The molecule has 5 heteroatoms. The molecule has 0 aliphatic heterocycles. The molecule has 1 aromatic heterocycles. The molecule has 4 aromatic rings. The average molecular weight is 457 g/mol. The quantitative estimate of drug-likeness (QED) is 0.309. The highest BCUT2D eigenvalue weighted by Gasteiger charge is 2.30. The molecule has 0 bridgehead atoms. The number of aliphatic hydroxyl groups excluding tert-OH is 1. The van der Waals surface area contributed by atoms with Crippen LogP contribution in [0.2, 0.25) is 0 Å². The van der Waals surface area contributed by atoms with E-state index in [0.29, 0.717) is 24.2 Å². The Morgan fingerprint density at radius 3 is 2.12 bits per heavy atom. The molecular formula is C29H29FN2O2. The van der Waals surface area contributed by atoms with Crippen LogP contribution in [0.4, 0.5) is 10.1 Å². The van der Waals surface area contributed by atoms with Crippen LogP contribution in [0, 0.1) is 5.82 Å². The summed E-state index contributed by atoms with van der Waals surface area (Å²) >= 11 is 0. The fraction of sp³-hybridized carbons (Fsp3) is 0.207. The Hall–Kier alpha value is -3.70. The lowest BCUT2D eigenvalue weighted by molar-refractivity contribution is 0.102. The molecule has 3 aromatic carbocycles. The predicted molar refractivity (Wildman–Crippen MR) is 135 cm³/mol. The first-order valence-electron chi connectivity index (χ1n) is 11.6. The van der Waals surface area contributed by atoms with Crippen LogP contribution in [0.25, 0.3) is 22.4 Å². The predicted octanol–water partition coefficient (Wildman–Crippen LogP) is 6.72. The van der Waals surface area contributed by atoms with E-state index >= 15 is 0 Å². The van der Waals surface area contributed by atoms with Gasteiger partial charge in [-0.05, 0) is 59.9 Å². The number of amides is 1. The smallest absolute Gasteiger partial charge is 0.258 e. The summed E-state index contributed by atoms with van der Waals surface area (Å²) < 4.78 is 15.9. The molecule has 0 spiro atoms. The molecule has 34 heavy (non-hydrogen) atoms. The number of nitrogens with one attached hydrogen (secondary N) is 1. The van der Waals surface area contributed by atoms with Gasteiger partial charge < -0.3 is 15.0 Å². The number of carbonyl (C=O) groups excluding carboxylic acids is 1. The summed E-state index contributed by atoms with van der Waals surface area (Å²) in [6, 6.07) is 25.6. The third-order valence-electron chi connectivity index (χ3n) is 5.83. The van der Waals surface area contributed by atoms with Gasteiger partial charge in [-0.15, -0.1) is 0 Å². The van der Waals surface area contributed by atoms with E-state index in [2.05, 4.69) is 23.7 Å². The van der Waals surface area contributed by atoms with Crippen LogP contribution >= 0.6 is 0 Å². The van der Waals surface area contributed by atoms with Crippen molar-refractivity contribution >= 4 is 11.6 Å². The molecule has 174 valence electrons. The molecule has 0 radical (unpaired) electrons. The topological polar surface area (TPSA) is 54.3 Å². The van der Waals surface area contributed by atoms with Crippen LogP contribution in [0.5, 0.6) is 0 Å². The highest BCUT2D eigenvalue weighted by molar-refractivity contribution is 6.12. The fourth-order valence-electron chi connectivity index (χ4n) is 4.44. The molecular weight excluding hydrogens is 427 g/mol. The van der Waals surface area contributed by atoms with Crippen LogP contribution in [0.15, 0.2) is 84.9 Å². The lowest BCUT2D eigenvalue weighted by atomic mass is 9.94. The van der Waals surface area contributed by atoms with Gasteiger partial charge in [0.1, 0.15) is 5.82 Å². The summed E-state index contributed by atoms with van der Waals surface area (Å²) in [5.74, 6) is -0.476. The van der Waals surface area contributed by atoms with Crippen molar-refractivity contribution in [2.24, 2.45) is 0 Å². The van der Waals surface area contributed by atoms with Gasteiger partial charge in [0.25, 0.3) is 5.91 Å². The van der Waals surface area contributed by atoms with E-state index in [-0.39, 0.29) is 24.2 Å². The van der Waals surface area contributed by atoms with Gasteiger partial charge >= 0.3 is 0 Å². The molecule has 1 heterocycles. The van der Waals surface area contributed by atoms with Gasteiger partial charge in [-0.2, -0.15) is 0 Å². The molecule has 0 unspecified atom stereocenters. The second-order valence-corrected chi connectivity index (χ2v) is 8.56. The van der Waals surface area contributed by atoms with E-state index in [1.807, 2.05) is 60.7 Å². The van der Waals surface area contributed by atoms with Crippen molar-refractivity contribution in [3.8, 4) is 22.4 Å². The number of hydrogen-bond acceptors (Lipinski definition) is 2. The number of para-hydroxylation sites is 1. The molecule has 2 N–H and O–H groups in total. The fourth-order valence-corrected chi connectivity index (χ4v) is 4.44. The molecule has 4 nitrogen and oxygen atoms in total. The largest absolute Gasteiger partial charge is 0.396 e. The summed E-state index contributed by atoms with van der Waals surface area (Å²) in [6.07, 6.45) is 0.538. The van der Waals surface area contributed by atoms with E-state index in [4.69, 9.17) is 0 Å². The third kappa shape index (κ3) is 4.80. The molecule has 0 saturated heterocycles. The van der Waals surface area contributed by atoms with Crippen molar-refractivity contribution < 1.29 is 14.3 Å². The number of carbonyl (C=O) groups is 1. The Labute approximate surface area is 199 Å². The first kappa shape index (κ1) is 23.5. The maximum Gasteiger partial charge on any atom is 0.258 e. The van der Waals surface area contributed by atoms with Crippen molar-refractivity contribution in [3.05, 3.63) is 102 Å². The van der Waals surface area contributed by atoms with E-state index in [0.717, 1.165) is 28.1 Å². The summed E-state index contributed by atoms with van der Waals surface area (Å²) in [6.45, 7) is 4.69. The number of hydrogen-bond donors (Lipinski definition) is 2. The number of aliphatic hydroxyl groups is 1. The molecule has 0 atom stereocenters. The summed E-state index contributed by atoms with van der Waals surface area (Å²) in [5.41, 5.74) is 5.59. The van der Waals surface area contributed by atoms with E-state index in [1.165, 1.54) is 12.1 Å². The Bertz CT molecular complexity index is 1250. The minimum Gasteiger partial charge on any atom is -0.396 e. The van der Waals surface area contributed by atoms with Crippen LogP contribution < -0.4 is 5.32 Å². The normalized spacial score (nSPS) is 11.1. The van der Waals surface area contributed by atoms with E-state index in [1.54, 1.807) is 12.1 Å².